The Hall–Kier alpha value is -3.72. The van der Waals surface area contributed by atoms with Gasteiger partial charge < -0.3 is 10.2 Å². The molecule has 4 heteroatoms. The molecule has 0 heterocycles. The Labute approximate surface area is 296 Å². The Morgan fingerprint density at radius 2 is 0.816 bits per heavy atom. The zero-order valence-corrected chi connectivity index (χ0v) is 34.6. The summed E-state index contributed by atoms with van der Waals surface area (Å²) in [6, 6.07) is 37.6. The van der Waals surface area contributed by atoms with E-state index in [9.17, 15) is 10.2 Å². The average molecular weight is 744 g/mol. The number of benzene rings is 5. The fraction of sp³-hybridized carbons (Fsp3) is 0.244. The zero-order valence-electron chi connectivity index (χ0n) is 30.7. The summed E-state index contributed by atoms with van der Waals surface area (Å²) >= 11 is -3.71. The summed E-state index contributed by atoms with van der Waals surface area (Å²) in [4.78, 5) is 0. The molecule has 5 aromatic rings. The Balaban J connectivity index is 0.000000191. The molecular weight excluding hydrogens is 692 g/mol. The Kier molecular flexibility index (Phi) is 10.6. The molecule has 49 heavy (non-hydrogen) atoms. The van der Waals surface area contributed by atoms with Gasteiger partial charge in [0.2, 0.25) is 0 Å². The molecule has 0 saturated heterocycles. The fourth-order valence-electron chi connectivity index (χ4n) is 8.85. The Morgan fingerprint density at radius 1 is 0.490 bits per heavy atom. The zero-order chi connectivity index (χ0) is 35.7. The van der Waals surface area contributed by atoms with E-state index in [4.69, 9.17) is 0 Å². The molecule has 2 N–H and O–H groups in total. The maximum atomic E-state index is 9.33. The van der Waals surface area contributed by atoms with Crippen molar-refractivity contribution >= 4 is 22.3 Å². The van der Waals surface area contributed by atoms with Gasteiger partial charge >= 0.3 is 178 Å². The van der Waals surface area contributed by atoms with Crippen molar-refractivity contribution in [2.45, 2.75) is 67.3 Å². The quantitative estimate of drug-likeness (QED) is 0.181. The van der Waals surface area contributed by atoms with Crippen molar-refractivity contribution in [3.05, 3.63) is 170 Å². The first-order valence-electron chi connectivity index (χ1n) is 17.3. The van der Waals surface area contributed by atoms with Gasteiger partial charge in [-0.3, -0.25) is 0 Å². The molecule has 2 aliphatic carbocycles. The van der Waals surface area contributed by atoms with Crippen LogP contribution in [0.3, 0.4) is 0 Å². The molecule has 0 radical (unpaired) electrons. The average Bonchev–Trinajstić information content (AvgIpc) is 3.60. The molecule has 0 aliphatic heterocycles. The molecular formula is C45H52O2SiZr. The van der Waals surface area contributed by atoms with Gasteiger partial charge in [-0.2, -0.15) is 0 Å². The van der Waals surface area contributed by atoms with E-state index in [1.165, 1.54) is 22.3 Å². The molecule has 2 aliphatic rings. The molecule has 7 rings (SSSR count). The Bertz CT molecular complexity index is 1980. The number of fused-ring (bicyclic) bond motifs is 2. The summed E-state index contributed by atoms with van der Waals surface area (Å²) in [5.41, 5.74) is 15.3. The predicted octanol–water partition coefficient (Wildman–Crippen LogP) is 10.5. The van der Waals surface area contributed by atoms with Gasteiger partial charge in [0.15, 0.2) is 0 Å². The van der Waals surface area contributed by atoms with Crippen LogP contribution in [0.5, 0.6) is 11.5 Å². The molecule has 252 valence electrons. The van der Waals surface area contributed by atoms with Gasteiger partial charge in [0.25, 0.3) is 0 Å². The summed E-state index contributed by atoms with van der Waals surface area (Å²) in [7, 11) is 0. The van der Waals surface area contributed by atoms with Crippen LogP contribution in [-0.4, -0.2) is 17.1 Å². The first-order chi connectivity index (χ1) is 23.1. The number of phenols is 2. The van der Waals surface area contributed by atoms with E-state index in [1.54, 1.807) is 25.5 Å². The summed E-state index contributed by atoms with van der Waals surface area (Å²) < 4.78 is 5.42. The molecule has 0 bridgehead atoms. The molecule has 5 aromatic carbocycles. The maximum absolute atomic E-state index is 9.33. The van der Waals surface area contributed by atoms with Crippen molar-refractivity contribution in [3.63, 3.8) is 0 Å². The first kappa shape index (κ1) is 36.6. The molecule has 0 amide bonds. The van der Waals surface area contributed by atoms with Gasteiger partial charge in [0.05, 0.1) is 0 Å². The van der Waals surface area contributed by atoms with Crippen molar-refractivity contribution in [2.24, 2.45) is 0 Å². The van der Waals surface area contributed by atoms with Crippen molar-refractivity contribution in [2.75, 3.05) is 0 Å². The number of hydrogen-bond acceptors (Lipinski definition) is 2. The van der Waals surface area contributed by atoms with Crippen LogP contribution >= 0.6 is 0 Å². The van der Waals surface area contributed by atoms with Crippen LogP contribution in [0, 0.1) is 41.5 Å². The van der Waals surface area contributed by atoms with Gasteiger partial charge in [-0.05, 0) is 63.8 Å². The summed E-state index contributed by atoms with van der Waals surface area (Å²) in [6.45, 7) is 18.9. The summed E-state index contributed by atoms with van der Waals surface area (Å²) in [6.07, 6.45) is 4.90. The third kappa shape index (κ3) is 7.01. The van der Waals surface area contributed by atoms with Gasteiger partial charge in [0.1, 0.15) is 11.5 Å². The molecule has 2 nitrogen and oxygen atoms in total. The van der Waals surface area contributed by atoms with Crippen molar-refractivity contribution < 1.29 is 27.6 Å². The molecule has 2 unspecified atom stereocenters. The summed E-state index contributed by atoms with van der Waals surface area (Å²) in [5.74, 6) is 0.844. The van der Waals surface area contributed by atoms with E-state index in [1.807, 2.05) is 65.8 Å². The van der Waals surface area contributed by atoms with Crippen LogP contribution in [0.25, 0.3) is 12.2 Å². The smallest absolute Gasteiger partial charge is 0.121 e. The van der Waals surface area contributed by atoms with E-state index in [0.717, 1.165) is 22.3 Å². The normalized spacial score (nSPS) is 16.3. The van der Waals surface area contributed by atoms with Gasteiger partial charge in [0, 0.05) is 0 Å². The number of allylic oxidation sites excluding steroid dienone is 2. The first-order valence-corrected chi connectivity index (χ1v) is 29.8. The molecule has 0 spiro atoms. The van der Waals surface area contributed by atoms with E-state index >= 15 is 0 Å². The standard InChI is InChI=1S/2C10H9.2C9H12O.C6H5.CH3.H2Si.Zr/c2*1-8-6-9-4-2-3-5-10(9)7-8;2*1-6-4-7(2)9(10)8(3)5-6;1-2-4-6-5-3-1;;;/h2*2-7H,1H3;2*4-5,10H,1-3H3;1-5H;1H3;1H2;. The molecule has 0 aromatic heterocycles. The second-order valence-corrected chi connectivity index (χ2v) is 41.3. The number of rotatable bonds is 3. The number of hydrogen-bond donors (Lipinski definition) is 2. The third-order valence-electron chi connectivity index (χ3n) is 10.8. The van der Waals surface area contributed by atoms with E-state index in [0.29, 0.717) is 18.8 Å². The Morgan fingerprint density at radius 3 is 1.18 bits per heavy atom. The van der Waals surface area contributed by atoms with Crippen molar-refractivity contribution in [1.29, 1.82) is 0 Å². The number of aromatic hydroxyl groups is 2. The minimum atomic E-state index is -3.71. The van der Waals surface area contributed by atoms with Gasteiger partial charge in [-0.25, -0.2) is 0 Å². The predicted molar refractivity (Wildman–Crippen MR) is 211 cm³/mol. The van der Waals surface area contributed by atoms with Crippen LogP contribution in [0.1, 0.15) is 76.7 Å². The monoisotopic (exact) mass is 742 g/mol. The van der Waals surface area contributed by atoms with Crippen LogP contribution in [-0.2, 0) is 17.4 Å². The van der Waals surface area contributed by atoms with Crippen molar-refractivity contribution in [3.8, 4) is 11.5 Å². The summed E-state index contributed by atoms with van der Waals surface area (Å²) in [5, 5.41) is 18.7. The van der Waals surface area contributed by atoms with Crippen LogP contribution < -0.4 is 3.27 Å². The van der Waals surface area contributed by atoms with Crippen LogP contribution in [0.2, 0.25) is 4.63 Å². The number of phenolic OH excluding ortho intramolecular Hbond substituents is 2. The van der Waals surface area contributed by atoms with Crippen molar-refractivity contribution in [1.82, 2.24) is 0 Å². The van der Waals surface area contributed by atoms with Gasteiger partial charge in [-0.15, -0.1) is 0 Å². The van der Waals surface area contributed by atoms with E-state index in [-0.39, 0.29) is 0 Å². The van der Waals surface area contributed by atoms with E-state index in [2.05, 4.69) is 116 Å². The SMILES string of the molecule is CC1=Cc2ccccc2[CH]1[Zr]([CH3])(=[SiH2])([c]1ccccc1)[CH]1C(C)=Cc2ccccc21.Cc1cc(C)c(O)c(C)c1.Cc1cc(C)c(O)c(C)c1. The maximum Gasteiger partial charge on any atom is 0.121 e. The fourth-order valence-corrected chi connectivity index (χ4v) is 34.1. The second kappa shape index (κ2) is 14.3. The largest absolute Gasteiger partial charge is 0.507 e. The van der Waals surface area contributed by atoms with Gasteiger partial charge in [-0.1, -0.05) is 35.4 Å². The van der Waals surface area contributed by atoms with Crippen LogP contribution in [0.15, 0.2) is 114 Å². The minimum absolute atomic E-state index is 0.422. The molecule has 0 saturated carbocycles. The topological polar surface area (TPSA) is 40.5 Å². The minimum Gasteiger partial charge on any atom is -0.507 e. The second-order valence-electron chi connectivity index (χ2n) is 15.0. The molecule has 0 fully saturated rings. The van der Waals surface area contributed by atoms with E-state index < -0.39 is 17.4 Å². The molecule has 2 atom stereocenters. The van der Waals surface area contributed by atoms with Crippen LogP contribution in [0.4, 0.5) is 0 Å². The number of aryl methyl sites for hydroxylation is 6. The third-order valence-corrected chi connectivity index (χ3v) is 34.6.